The van der Waals surface area contributed by atoms with Crippen molar-refractivity contribution in [3.63, 3.8) is 0 Å². The maximum Gasteiger partial charge on any atom is 2.00 e. The van der Waals surface area contributed by atoms with Crippen LogP contribution in [0.25, 0.3) is 90.9 Å². The van der Waals surface area contributed by atoms with Crippen molar-refractivity contribution in [2.75, 3.05) is 0 Å². The topological polar surface area (TPSA) is 109 Å². The van der Waals surface area contributed by atoms with Gasteiger partial charge in [-0.15, -0.1) is 22.1 Å². The van der Waals surface area contributed by atoms with Gasteiger partial charge in [0.2, 0.25) is 0 Å². The molecule has 280 valence electrons. The Balaban J connectivity index is 0.00000514. The summed E-state index contributed by atoms with van der Waals surface area (Å²) in [6.45, 7) is 0. The SMILES string of the molecule is [Si]Oc1cccc(O[Si])c1-c1c2nc(c(-c3c(O[Si])cccc3O[Si])c3ccc([n-]3)c(-c3c(O[Si])cccc3O[Si])c3nc(c(-c4ccccc4)c4ccc1[n-]4)C=C3)C=C2.[Zn+2]. The monoisotopic (exact) mass is 934 g/mol. The van der Waals surface area contributed by atoms with Crippen LogP contribution in [0.1, 0.15) is 22.8 Å². The molecule has 10 nitrogen and oxygen atoms in total. The molecule has 5 heterocycles. The third kappa shape index (κ3) is 7.52. The molecule has 0 N–H and O–H groups in total. The van der Waals surface area contributed by atoms with Gasteiger partial charge in [-0.25, -0.2) is 9.97 Å². The molecule has 0 saturated heterocycles. The summed E-state index contributed by atoms with van der Waals surface area (Å²) in [4.78, 5) is 21.3. The second kappa shape index (κ2) is 18.0. The minimum Gasteiger partial charge on any atom is -0.657 e. The van der Waals surface area contributed by atoms with Crippen molar-refractivity contribution in [2.24, 2.45) is 0 Å². The minimum atomic E-state index is 0. The minimum absolute atomic E-state index is 0. The first-order valence-corrected chi connectivity index (χ1v) is 20.5. The Bertz CT molecular complexity index is 2930. The van der Waals surface area contributed by atoms with Crippen LogP contribution in [0, 0.1) is 0 Å². The van der Waals surface area contributed by atoms with Crippen molar-refractivity contribution >= 4 is 109 Å². The summed E-state index contributed by atoms with van der Waals surface area (Å²) in [5, 5.41) is 0. The molecular formula is C44H22N4O6Si6Zn. The third-order valence-electron chi connectivity index (χ3n) is 10.0. The first-order chi connectivity index (χ1) is 29.5. The zero-order valence-corrected chi connectivity index (χ0v) is 40.6. The number of benzene rings is 4. The van der Waals surface area contributed by atoms with Gasteiger partial charge in [0.1, 0.15) is 34.5 Å². The molecule has 8 bridgehead atoms. The van der Waals surface area contributed by atoms with Crippen LogP contribution in [0.2, 0.25) is 0 Å². The molecule has 0 amide bonds. The van der Waals surface area contributed by atoms with Crippen molar-refractivity contribution in [1.82, 2.24) is 19.9 Å². The number of fused-ring (bicyclic) bond motifs is 8. The van der Waals surface area contributed by atoms with Gasteiger partial charge in [0.05, 0.1) is 39.5 Å². The first-order valence-electron chi connectivity index (χ1n) is 18.0. The Hall–Kier alpha value is -5.80. The number of hydrogen-bond donors (Lipinski definition) is 0. The number of rotatable bonds is 10. The van der Waals surface area contributed by atoms with Crippen LogP contribution in [0.5, 0.6) is 34.5 Å². The molecular weight excluding hydrogens is 914 g/mol. The van der Waals surface area contributed by atoms with Crippen molar-refractivity contribution in [2.45, 2.75) is 0 Å². The molecule has 0 fully saturated rings. The van der Waals surface area contributed by atoms with Crippen LogP contribution in [-0.4, -0.2) is 72.9 Å². The van der Waals surface area contributed by atoms with E-state index >= 15 is 0 Å². The van der Waals surface area contributed by atoms with Gasteiger partial charge in [-0.05, 0) is 71.8 Å². The normalized spacial score (nSPS) is 11.5. The predicted octanol–water partition coefficient (Wildman–Crippen LogP) is 7.35. The van der Waals surface area contributed by atoms with Crippen LogP contribution in [0.4, 0.5) is 0 Å². The maximum atomic E-state index is 5.77. The zero-order chi connectivity index (χ0) is 41.3. The van der Waals surface area contributed by atoms with E-state index in [1.54, 1.807) is 0 Å². The molecule has 9 rings (SSSR count). The molecule has 4 aromatic carbocycles. The van der Waals surface area contributed by atoms with E-state index in [9.17, 15) is 0 Å². The van der Waals surface area contributed by atoms with E-state index in [1.165, 1.54) is 0 Å². The van der Waals surface area contributed by atoms with Gasteiger partial charge >= 0.3 is 82.4 Å². The molecule has 61 heavy (non-hydrogen) atoms. The largest absolute Gasteiger partial charge is 2.00 e. The quantitative estimate of drug-likeness (QED) is 0.129. The summed E-state index contributed by atoms with van der Waals surface area (Å²) < 4.78 is 34.6. The van der Waals surface area contributed by atoms with E-state index < -0.39 is 0 Å². The summed E-state index contributed by atoms with van der Waals surface area (Å²) in [6.07, 6.45) is 7.75. The van der Waals surface area contributed by atoms with E-state index in [4.69, 9.17) is 46.5 Å². The molecule has 18 radical (unpaired) electrons. The molecule has 0 atom stereocenters. The van der Waals surface area contributed by atoms with E-state index in [0.29, 0.717) is 113 Å². The molecule has 7 aromatic rings. The van der Waals surface area contributed by atoms with E-state index in [-0.39, 0.29) is 19.5 Å². The average Bonchev–Trinajstić information content (AvgIpc) is 4.15. The Kier molecular flexibility index (Phi) is 12.4. The smallest absolute Gasteiger partial charge is 0.657 e. The van der Waals surface area contributed by atoms with Gasteiger partial charge in [0.15, 0.2) is 0 Å². The second-order valence-electron chi connectivity index (χ2n) is 13.2. The van der Waals surface area contributed by atoms with E-state index in [1.807, 2.05) is 133 Å². The Morgan fingerprint density at radius 1 is 0.311 bits per heavy atom. The van der Waals surface area contributed by atoms with Gasteiger partial charge in [0.25, 0.3) is 0 Å². The van der Waals surface area contributed by atoms with Gasteiger partial charge < -0.3 is 36.5 Å². The maximum absolute atomic E-state index is 5.77. The fourth-order valence-electron chi connectivity index (χ4n) is 7.54. The molecule has 2 aliphatic heterocycles. The zero-order valence-electron chi connectivity index (χ0n) is 31.6. The Morgan fingerprint density at radius 2 is 0.590 bits per heavy atom. The molecule has 0 aliphatic carbocycles. The summed E-state index contributed by atoms with van der Waals surface area (Å²) in [6, 6.07) is 34.1. The van der Waals surface area contributed by atoms with Crippen LogP contribution >= 0.6 is 0 Å². The third-order valence-corrected chi connectivity index (χ3v) is 11.4. The van der Waals surface area contributed by atoms with Gasteiger partial charge in [-0.2, -0.15) is 0 Å². The summed E-state index contributed by atoms with van der Waals surface area (Å²) >= 11 is 0. The van der Waals surface area contributed by atoms with Crippen molar-refractivity contribution in [3.05, 3.63) is 132 Å². The molecule has 2 aliphatic rings. The number of hydrogen-bond acceptors (Lipinski definition) is 8. The predicted molar refractivity (Wildman–Crippen MR) is 237 cm³/mol. The fraction of sp³-hybridized carbons (Fsp3) is 0. The standard InChI is InChI=1S/C44H22N4O6Si6.Zn/c55-49-32-9-4-10-33(50-56)42(32)39-26-17-15-24(45-26)38(23-7-2-1-3-8-23)25-16-18-27(46-25)40(43-34(51-57)11-5-12-35(43)52-58)29-20-22-31(48-29)41(30-21-19-28(39)47-30)44-36(53-59)13-6-14-37(44)54-60;/h1-22H;/q-2;+2. The van der Waals surface area contributed by atoms with Crippen molar-refractivity contribution < 1.29 is 46.0 Å². The number of nitrogens with zero attached hydrogens (tertiary/aromatic N) is 4. The molecule has 3 aromatic heterocycles. The second-order valence-corrected chi connectivity index (χ2v) is 14.5. The van der Waals surface area contributed by atoms with Crippen LogP contribution < -0.4 is 36.5 Å². The van der Waals surface area contributed by atoms with Gasteiger partial charge in [-0.3, -0.25) is 0 Å². The van der Waals surface area contributed by atoms with Crippen molar-refractivity contribution in [3.8, 4) is 79.0 Å². The van der Waals surface area contributed by atoms with Gasteiger partial charge in [-0.1, -0.05) is 72.8 Å². The Morgan fingerprint density at radius 3 is 0.885 bits per heavy atom. The van der Waals surface area contributed by atoms with Gasteiger partial charge in [0, 0.05) is 16.7 Å². The molecule has 17 heteroatoms. The first kappa shape index (κ1) is 41.9. The Labute approximate surface area is 383 Å². The van der Waals surface area contributed by atoms with Crippen LogP contribution in [-0.2, 0) is 19.5 Å². The average molecular weight is 937 g/mol. The van der Waals surface area contributed by atoms with Crippen molar-refractivity contribution in [1.29, 1.82) is 0 Å². The molecule has 0 spiro atoms. The summed E-state index contributed by atoms with van der Waals surface area (Å²) in [5.41, 5.74) is 10.1. The summed E-state index contributed by atoms with van der Waals surface area (Å²) in [5.74, 6) is 2.77. The van der Waals surface area contributed by atoms with E-state index in [0.717, 1.165) is 11.1 Å². The van der Waals surface area contributed by atoms with Crippen LogP contribution in [0.3, 0.4) is 0 Å². The van der Waals surface area contributed by atoms with Crippen LogP contribution in [0.15, 0.2) is 109 Å². The fourth-order valence-corrected chi connectivity index (χ4v) is 8.56. The number of aromatic nitrogens is 4. The molecule has 0 saturated carbocycles. The molecule has 0 unspecified atom stereocenters. The van der Waals surface area contributed by atoms with E-state index in [2.05, 4.69) is 62.9 Å². The summed E-state index contributed by atoms with van der Waals surface area (Å²) in [7, 11) is 19.7.